The van der Waals surface area contributed by atoms with E-state index in [0.717, 1.165) is 51.4 Å². The van der Waals surface area contributed by atoms with Gasteiger partial charge in [0.2, 0.25) is 0 Å². The Labute approximate surface area is 229 Å². The predicted octanol–water partition coefficient (Wildman–Crippen LogP) is 2.79. The third-order valence-electron chi connectivity index (χ3n) is 7.06. The van der Waals surface area contributed by atoms with Crippen LogP contribution in [0.4, 0.5) is 0 Å². The molecule has 4 aliphatic heterocycles. The minimum Gasteiger partial charge on any atom is -0.377 e. The van der Waals surface area contributed by atoms with Crippen molar-refractivity contribution in [2.75, 3.05) is 106 Å². The highest BCUT2D eigenvalue weighted by molar-refractivity contribution is 4.74. The molecule has 38 heavy (non-hydrogen) atoms. The first-order valence-electron chi connectivity index (χ1n) is 14.8. The van der Waals surface area contributed by atoms with Gasteiger partial charge in [-0.3, -0.25) is 0 Å². The van der Waals surface area contributed by atoms with Crippen molar-refractivity contribution in [2.45, 2.75) is 75.8 Å². The second-order valence-electron chi connectivity index (χ2n) is 9.95. The van der Waals surface area contributed by atoms with Crippen LogP contribution in [-0.2, 0) is 47.4 Å². The van der Waals surface area contributed by atoms with Crippen molar-refractivity contribution in [1.82, 2.24) is 0 Å². The number of rotatable bonds is 0. The molecule has 224 valence electrons. The Hall–Kier alpha value is -0.400. The fourth-order valence-corrected chi connectivity index (χ4v) is 4.91. The van der Waals surface area contributed by atoms with Crippen LogP contribution in [0.15, 0.2) is 0 Å². The summed E-state index contributed by atoms with van der Waals surface area (Å²) in [4.78, 5) is 0. The van der Waals surface area contributed by atoms with E-state index in [-0.39, 0.29) is 0 Å². The van der Waals surface area contributed by atoms with Gasteiger partial charge in [0.15, 0.2) is 0 Å². The molecule has 4 saturated heterocycles. The predicted molar refractivity (Wildman–Crippen MR) is 141 cm³/mol. The van der Waals surface area contributed by atoms with Crippen molar-refractivity contribution in [2.24, 2.45) is 0 Å². The highest BCUT2D eigenvalue weighted by atomic mass is 16.6. The standard InChI is InChI=1S/C28H52O10/c1-2-26-4-3-25(1)35-21-17-31-13-9-29-11-15-33-19-23-37-27-5-7-28(8-6-27)38-24-20-34-16-12-30-10-14-32-18-22-36-26/h25-28H,1-24H2. The fourth-order valence-electron chi connectivity index (χ4n) is 4.91. The lowest BCUT2D eigenvalue weighted by Crippen LogP contribution is -2.28. The van der Waals surface area contributed by atoms with Gasteiger partial charge in [-0.15, -0.1) is 0 Å². The van der Waals surface area contributed by atoms with Gasteiger partial charge in [-0.2, -0.15) is 0 Å². The summed E-state index contributed by atoms with van der Waals surface area (Å²) in [6, 6.07) is 0. The zero-order chi connectivity index (χ0) is 26.4. The van der Waals surface area contributed by atoms with Crippen LogP contribution in [0.5, 0.6) is 0 Å². The van der Waals surface area contributed by atoms with Crippen molar-refractivity contribution in [3.8, 4) is 0 Å². The molecule has 10 heteroatoms. The van der Waals surface area contributed by atoms with E-state index >= 15 is 0 Å². The molecule has 0 atom stereocenters. The topological polar surface area (TPSA) is 92.3 Å². The third kappa shape index (κ3) is 16.0. The maximum absolute atomic E-state index is 5.96. The summed E-state index contributed by atoms with van der Waals surface area (Å²) < 4.78 is 57.5. The second-order valence-corrected chi connectivity index (χ2v) is 9.95. The molecule has 10 nitrogen and oxygen atoms in total. The van der Waals surface area contributed by atoms with Crippen molar-refractivity contribution in [3.05, 3.63) is 0 Å². The Morgan fingerprint density at radius 3 is 0.553 bits per heavy atom. The monoisotopic (exact) mass is 548 g/mol. The molecule has 6 fully saturated rings. The number of ether oxygens (including phenoxy) is 10. The number of hydrogen-bond donors (Lipinski definition) is 0. The first-order valence-corrected chi connectivity index (χ1v) is 14.8. The van der Waals surface area contributed by atoms with E-state index in [9.17, 15) is 0 Å². The van der Waals surface area contributed by atoms with Crippen LogP contribution in [-0.4, -0.2) is 130 Å². The average molecular weight is 549 g/mol. The molecule has 0 radical (unpaired) electrons. The molecule has 6 aliphatic rings. The highest BCUT2D eigenvalue weighted by Gasteiger charge is 2.23. The van der Waals surface area contributed by atoms with Gasteiger partial charge in [-0.1, -0.05) is 0 Å². The Balaban J connectivity index is 1.24. The maximum atomic E-state index is 5.96. The minimum atomic E-state index is 0.304. The molecule has 0 amide bonds. The van der Waals surface area contributed by atoms with Crippen molar-refractivity contribution >= 4 is 0 Å². The summed E-state index contributed by atoms with van der Waals surface area (Å²) in [5, 5.41) is 0. The summed E-state index contributed by atoms with van der Waals surface area (Å²) in [6.07, 6.45) is 9.46. The van der Waals surface area contributed by atoms with E-state index in [1.807, 2.05) is 0 Å². The average Bonchev–Trinajstić information content (AvgIpc) is 2.95. The van der Waals surface area contributed by atoms with Gasteiger partial charge in [-0.05, 0) is 51.4 Å². The summed E-state index contributed by atoms with van der Waals surface area (Å²) in [7, 11) is 0. The smallest absolute Gasteiger partial charge is 0.0704 e. The molecule has 0 aromatic rings. The van der Waals surface area contributed by atoms with Crippen LogP contribution in [0.1, 0.15) is 51.4 Å². The number of hydrogen-bond acceptors (Lipinski definition) is 10. The molecule has 0 N–H and O–H groups in total. The molecule has 2 aliphatic carbocycles. The van der Waals surface area contributed by atoms with Crippen LogP contribution in [0.25, 0.3) is 0 Å². The summed E-state index contributed by atoms with van der Waals surface area (Å²) in [6.45, 7) is 9.40. The summed E-state index contributed by atoms with van der Waals surface area (Å²) in [5.74, 6) is 0. The van der Waals surface area contributed by atoms with Crippen LogP contribution >= 0.6 is 0 Å². The van der Waals surface area contributed by atoms with Crippen molar-refractivity contribution in [1.29, 1.82) is 0 Å². The molecule has 2 saturated carbocycles. The van der Waals surface area contributed by atoms with E-state index in [1.165, 1.54) is 0 Å². The lowest BCUT2D eigenvalue weighted by atomic mass is 9.95. The third-order valence-corrected chi connectivity index (χ3v) is 7.06. The van der Waals surface area contributed by atoms with Crippen LogP contribution in [0.3, 0.4) is 0 Å². The van der Waals surface area contributed by atoms with Gasteiger partial charge in [0.05, 0.1) is 130 Å². The fraction of sp³-hybridized carbons (Fsp3) is 1.00. The largest absolute Gasteiger partial charge is 0.377 e. The first-order chi connectivity index (χ1) is 18.9. The quantitative estimate of drug-likeness (QED) is 0.450. The summed E-state index contributed by atoms with van der Waals surface area (Å²) in [5.41, 5.74) is 0. The molecule has 0 aromatic carbocycles. The van der Waals surface area contributed by atoms with E-state index in [0.29, 0.717) is 130 Å². The highest BCUT2D eigenvalue weighted by Crippen LogP contribution is 2.24. The van der Waals surface area contributed by atoms with Gasteiger partial charge in [-0.25, -0.2) is 0 Å². The Morgan fingerprint density at radius 2 is 0.368 bits per heavy atom. The molecule has 0 unspecified atom stereocenters. The second kappa shape index (κ2) is 22.3. The normalized spacial score (nSPS) is 32.8. The molecule has 0 aromatic heterocycles. The van der Waals surface area contributed by atoms with E-state index in [4.69, 9.17) is 47.4 Å². The van der Waals surface area contributed by atoms with Gasteiger partial charge >= 0.3 is 0 Å². The van der Waals surface area contributed by atoms with Crippen LogP contribution < -0.4 is 0 Å². The molecule has 0 spiro atoms. The Kier molecular flexibility index (Phi) is 18.9. The van der Waals surface area contributed by atoms with Gasteiger partial charge in [0.1, 0.15) is 0 Å². The summed E-state index contributed by atoms with van der Waals surface area (Å²) >= 11 is 0. The molecule has 4 heterocycles. The molecule has 4 bridgehead atoms. The Morgan fingerprint density at radius 1 is 0.211 bits per heavy atom. The lowest BCUT2D eigenvalue weighted by Gasteiger charge is -2.28. The van der Waals surface area contributed by atoms with Gasteiger partial charge in [0, 0.05) is 0 Å². The van der Waals surface area contributed by atoms with Gasteiger partial charge < -0.3 is 47.4 Å². The lowest BCUT2D eigenvalue weighted by molar-refractivity contribution is -0.0674. The Bertz CT molecular complexity index is 434. The SMILES string of the molecule is C1COCCOC2CCC(CC2)OCCOCCOCCOCCOC2CCC(CC2)OCCOCCO1. The molecule has 6 rings (SSSR count). The molecular weight excluding hydrogens is 496 g/mol. The first kappa shape index (κ1) is 32.1. The van der Waals surface area contributed by atoms with Crippen molar-refractivity contribution in [3.63, 3.8) is 0 Å². The van der Waals surface area contributed by atoms with Gasteiger partial charge in [0.25, 0.3) is 0 Å². The zero-order valence-corrected chi connectivity index (χ0v) is 23.4. The van der Waals surface area contributed by atoms with E-state index < -0.39 is 0 Å². The van der Waals surface area contributed by atoms with Crippen molar-refractivity contribution < 1.29 is 47.4 Å². The molecular formula is C28H52O10. The minimum absolute atomic E-state index is 0.304. The maximum Gasteiger partial charge on any atom is 0.0704 e. The van der Waals surface area contributed by atoms with Crippen LogP contribution in [0.2, 0.25) is 0 Å². The van der Waals surface area contributed by atoms with Crippen LogP contribution in [0, 0.1) is 0 Å². The van der Waals surface area contributed by atoms with E-state index in [1.54, 1.807) is 0 Å². The zero-order valence-electron chi connectivity index (χ0n) is 23.4. The van der Waals surface area contributed by atoms with E-state index in [2.05, 4.69) is 0 Å².